The summed E-state index contributed by atoms with van der Waals surface area (Å²) >= 11 is 0. The molecule has 0 saturated carbocycles. The summed E-state index contributed by atoms with van der Waals surface area (Å²) in [5, 5.41) is 10.1. The largest absolute Gasteiger partial charge is 0.326 e. The van der Waals surface area contributed by atoms with Crippen LogP contribution < -0.4 is 5.32 Å². The molecule has 4 nitrogen and oxygen atoms in total. The number of carbonyl (C=O) groups excluding carboxylic acids is 1. The molecule has 1 heterocycles. The summed E-state index contributed by atoms with van der Waals surface area (Å²) in [7, 11) is 0. The first-order valence-corrected chi connectivity index (χ1v) is 7.07. The van der Waals surface area contributed by atoms with Crippen molar-refractivity contribution in [2.75, 3.05) is 5.32 Å². The molecule has 0 aliphatic rings. The molecular formula is C16H21N3O. The first-order chi connectivity index (χ1) is 9.63. The molecule has 2 rings (SSSR count). The Morgan fingerprint density at radius 1 is 1.25 bits per heavy atom. The third-order valence-electron chi connectivity index (χ3n) is 3.51. The summed E-state index contributed by atoms with van der Waals surface area (Å²) in [4.78, 5) is 12.0. The first-order valence-electron chi connectivity index (χ1n) is 7.07. The van der Waals surface area contributed by atoms with Crippen molar-refractivity contribution in [3.63, 3.8) is 0 Å². The van der Waals surface area contributed by atoms with Crippen LogP contribution in [0.3, 0.4) is 0 Å². The highest BCUT2D eigenvalue weighted by Gasteiger charge is 2.14. The lowest BCUT2D eigenvalue weighted by atomic mass is 10.0. The molecule has 0 bridgehead atoms. The maximum Gasteiger partial charge on any atom is 0.227 e. The SMILES string of the molecule is CCC(CC)C(=O)Nc1ccc(-c2cc(C)[nH]n2)cc1. The van der Waals surface area contributed by atoms with E-state index in [-0.39, 0.29) is 11.8 Å². The van der Waals surface area contributed by atoms with Crippen LogP contribution in [0.2, 0.25) is 0 Å². The Labute approximate surface area is 119 Å². The minimum atomic E-state index is 0.0867. The van der Waals surface area contributed by atoms with Crippen LogP contribution in [-0.2, 0) is 4.79 Å². The van der Waals surface area contributed by atoms with Gasteiger partial charge in [0.25, 0.3) is 0 Å². The van der Waals surface area contributed by atoms with Gasteiger partial charge in [-0.1, -0.05) is 26.0 Å². The van der Waals surface area contributed by atoms with Gasteiger partial charge in [-0.25, -0.2) is 0 Å². The molecule has 0 radical (unpaired) electrons. The van der Waals surface area contributed by atoms with Gasteiger partial charge in [0.1, 0.15) is 0 Å². The molecule has 4 heteroatoms. The van der Waals surface area contributed by atoms with Crippen molar-refractivity contribution < 1.29 is 4.79 Å². The predicted molar refractivity (Wildman–Crippen MR) is 81.5 cm³/mol. The van der Waals surface area contributed by atoms with Crippen LogP contribution >= 0.6 is 0 Å². The van der Waals surface area contributed by atoms with Crippen LogP contribution in [0.5, 0.6) is 0 Å². The van der Waals surface area contributed by atoms with Gasteiger partial charge in [0, 0.05) is 22.9 Å². The molecule has 0 aliphatic carbocycles. The fraction of sp³-hybridized carbons (Fsp3) is 0.375. The fourth-order valence-corrected chi connectivity index (χ4v) is 2.19. The van der Waals surface area contributed by atoms with E-state index in [2.05, 4.69) is 15.5 Å². The zero-order valence-corrected chi connectivity index (χ0v) is 12.2. The summed E-state index contributed by atoms with van der Waals surface area (Å²) in [6.45, 7) is 6.05. The summed E-state index contributed by atoms with van der Waals surface area (Å²) in [5.74, 6) is 0.182. The van der Waals surface area contributed by atoms with Crippen molar-refractivity contribution in [2.24, 2.45) is 5.92 Å². The number of nitrogens with zero attached hydrogens (tertiary/aromatic N) is 1. The van der Waals surface area contributed by atoms with Gasteiger partial charge in [-0.15, -0.1) is 0 Å². The number of H-pyrrole nitrogens is 1. The molecule has 106 valence electrons. The van der Waals surface area contributed by atoms with Crippen LogP contribution in [0.1, 0.15) is 32.4 Å². The average Bonchev–Trinajstić information content (AvgIpc) is 2.87. The Morgan fingerprint density at radius 3 is 2.40 bits per heavy atom. The lowest BCUT2D eigenvalue weighted by Crippen LogP contribution is -2.21. The van der Waals surface area contributed by atoms with E-state index in [1.54, 1.807) is 0 Å². The normalized spacial score (nSPS) is 10.8. The molecule has 0 saturated heterocycles. The number of carbonyl (C=O) groups is 1. The number of hydrogen-bond acceptors (Lipinski definition) is 2. The minimum Gasteiger partial charge on any atom is -0.326 e. The Hall–Kier alpha value is -2.10. The summed E-state index contributed by atoms with van der Waals surface area (Å²) < 4.78 is 0. The molecule has 1 aromatic carbocycles. The van der Waals surface area contributed by atoms with Gasteiger partial charge in [0.15, 0.2) is 0 Å². The van der Waals surface area contributed by atoms with Gasteiger partial charge in [0.2, 0.25) is 5.91 Å². The fourth-order valence-electron chi connectivity index (χ4n) is 2.19. The zero-order valence-electron chi connectivity index (χ0n) is 12.2. The zero-order chi connectivity index (χ0) is 14.5. The molecule has 0 atom stereocenters. The van der Waals surface area contributed by atoms with Gasteiger partial charge in [-0.05, 0) is 38.0 Å². The van der Waals surface area contributed by atoms with Gasteiger partial charge in [-0.2, -0.15) is 5.10 Å². The van der Waals surface area contributed by atoms with E-state index < -0.39 is 0 Å². The molecule has 2 N–H and O–H groups in total. The van der Waals surface area contributed by atoms with E-state index in [1.807, 2.05) is 51.1 Å². The second-order valence-corrected chi connectivity index (χ2v) is 5.02. The number of hydrogen-bond donors (Lipinski definition) is 2. The molecule has 20 heavy (non-hydrogen) atoms. The first kappa shape index (κ1) is 14.3. The lowest BCUT2D eigenvalue weighted by Gasteiger charge is -2.12. The number of benzene rings is 1. The maximum atomic E-state index is 12.0. The van der Waals surface area contributed by atoms with Crippen LogP contribution in [0.15, 0.2) is 30.3 Å². The molecule has 1 amide bonds. The molecule has 1 aromatic heterocycles. The summed E-state index contributed by atoms with van der Waals surface area (Å²) in [6.07, 6.45) is 1.74. The minimum absolute atomic E-state index is 0.0867. The van der Waals surface area contributed by atoms with Crippen LogP contribution in [0.4, 0.5) is 5.69 Å². The summed E-state index contributed by atoms with van der Waals surface area (Å²) in [6, 6.07) is 9.77. The monoisotopic (exact) mass is 271 g/mol. The highest BCUT2D eigenvalue weighted by molar-refractivity contribution is 5.92. The predicted octanol–water partition coefficient (Wildman–Crippen LogP) is 3.76. The van der Waals surface area contributed by atoms with E-state index in [9.17, 15) is 4.79 Å². The number of aryl methyl sites for hydroxylation is 1. The number of aromatic nitrogens is 2. The molecule has 0 spiro atoms. The maximum absolute atomic E-state index is 12.0. The standard InChI is InChI=1S/C16H21N3O/c1-4-12(5-2)16(20)17-14-8-6-13(7-9-14)15-10-11(3)18-19-15/h6-10,12H,4-5H2,1-3H3,(H,17,20)(H,18,19). The highest BCUT2D eigenvalue weighted by Crippen LogP contribution is 2.20. The van der Waals surface area contributed by atoms with Gasteiger partial charge in [0.05, 0.1) is 5.69 Å². The number of aromatic amines is 1. The van der Waals surface area contributed by atoms with Crippen LogP contribution in [0.25, 0.3) is 11.3 Å². The number of anilines is 1. The average molecular weight is 271 g/mol. The number of nitrogens with one attached hydrogen (secondary N) is 2. The molecule has 0 fully saturated rings. The van der Waals surface area contributed by atoms with E-state index >= 15 is 0 Å². The van der Waals surface area contributed by atoms with E-state index in [1.165, 1.54) is 0 Å². The molecule has 2 aromatic rings. The van der Waals surface area contributed by atoms with Crippen molar-refractivity contribution in [1.82, 2.24) is 10.2 Å². The topological polar surface area (TPSA) is 57.8 Å². The quantitative estimate of drug-likeness (QED) is 0.870. The third kappa shape index (κ3) is 3.26. The lowest BCUT2D eigenvalue weighted by molar-refractivity contribution is -0.120. The van der Waals surface area contributed by atoms with Gasteiger partial charge < -0.3 is 5.32 Å². The van der Waals surface area contributed by atoms with Crippen LogP contribution in [-0.4, -0.2) is 16.1 Å². The third-order valence-corrected chi connectivity index (χ3v) is 3.51. The van der Waals surface area contributed by atoms with Crippen molar-refractivity contribution in [3.05, 3.63) is 36.0 Å². The molecular weight excluding hydrogens is 250 g/mol. The van der Waals surface area contributed by atoms with E-state index in [0.717, 1.165) is 35.5 Å². The van der Waals surface area contributed by atoms with Gasteiger partial charge in [-0.3, -0.25) is 9.89 Å². The van der Waals surface area contributed by atoms with E-state index in [0.29, 0.717) is 0 Å². The smallest absolute Gasteiger partial charge is 0.227 e. The Balaban J connectivity index is 2.07. The van der Waals surface area contributed by atoms with Crippen molar-refractivity contribution in [1.29, 1.82) is 0 Å². The molecule has 0 aliphatic heterocycles. The Morgan fingerprint density at radius 2 is 1.90 bits per heavy atom. The number of amides is 1. The van der Waals surface area contributed by atoms with Crippen molar-refractivity contribution in [3.8, 4) is 11.3 Å². The van der Waals surface area contributed by atoms with Crippen LogP contribution in [0, 0.1) is 12.8 Å². The second kappa shape index (κ2) is 6.37. The Kier molecular flexibility index (Phi) is 4.56. The number of rotatable bonds is 5. The molecule has 0 unspecified atom stereocenters. The van der Waals surface area contributed by atoms with Crippen molar-refractivity contribution in [2.45, 2.75) is 33.6 Å². The van der Waals surface area contributed by atoms with Crippen molar-refractivity contribution >= 4 is 11.6 Å². The van der Waals surface area contributed by atoms with Gasteiger partial charge >= 0.3 is 0 Å². The highest BCUT2D eigenvalue weighted by atomic mass is 16.1. The second-order valence-electron chi connectivity index (χ2n) is 5.02. The van der Waals surface area contributed by atoms with E-state index in [4.69, 9.17) is 0 Å². The Bertz CT molecular complexity index is 568. The summed E-state index contributed by atoms with van der Waals surface area (Å²) in [5.41, 5.74) is 3.82.